The van der Waals surface area contributed by atoms with Crippen LogP contribution in [-0.2, 0) is 9.47 Å². The molecule has 1 aliphatic heterocycles. The van der Waals surface area contributed by atoms with Gasteiger partial charge in [-0.15, -0.1) is 0 Å². The third-order valence-electron chi connectivity index (χ3n) is 2.21. The summed E-state index contributed by atoms with van der Waals surface area (Å²) in [5.74, 6) is 6.74. The molecule has 0 unspecified atom stereocenters. The van der Waals surface area contributed by atoms with Crippen LogP contribution in [0.2, 0.25) is 0 Å². The first-order chi connectivity index (χ1) is 8.38. The van der Waals surface area contributed by atoms with E-state index >= 15 is 0 Å². The van der Waals surface area contributed by atoms with E-state index in [0.717, 1.165) is 11.3 Å². The molecule has 1 heterocycles. The van der Waals surface area contributed by atoms with Gasteiger partial charge >= 0.3 is 0 Å². The molecule has 2 nitrogen and oxygen atoms in total. The summed E-state index contributed by atoms with van der Waals surface area (Å²) in [5, 5.41) is 0. The fourth-order valence-corrected chi connectivity index (χ4v) is 1.43. The second kappa shape index (κ2) is 5.93. The van der Waals surface area contributed by atoms with Gasteiger partial charge in [-0.25, -0.2) is 0 Å². The van der Waals surface area contributed by atoms with Crippen LogP contribution in [0.25, 0.3) is 0 Å². The van der Waals surface area contributed by atoms with Crippen LogP contribution < -0.4 is 0 Å². The highest BCUT2D eigenvalue weighted by molar-refractivity contribution is 5.38. The highest BCUT2D eigenvalue weighted by atomic mass is 16.7. The summed E-state index contributed by atoms with van der Waals surface area (Å²) in [4.78, 5) is 0. The maximum absolute atomic E-state index is 5.47. The molecule has 2 heteroatoms. The largest absolute Gasteiger partial charge is 0.461 e. The topological polar surface area (TPSA) is 18.5 Å². The van der Waals surface area contributed by atoms with E-state index in [1.165, 1.54) is 0 Å². The summed E-state index contributed by atoms with van der Waals surface area (Å²) in [6.45, 7) is 2.58. The normalized spacial score (nSPS) is 19.8. The van der Waals surface area contributed by atoms with Crippen LogP contribution in [0.4, 0.5) is 0 Å². The Morgan fingerprint density at radius 2 is 2.18 bits per heavy atom. The first-order valence-electron chi connectivity index (χ1n) is 5.61. The van der Waals surface area contributed by atoms with Crippen molar-refractivity contribution in [1.82, 2.24) is 0 Å². The van der Waals surface area contributed by atoms with Crippen molar-refractivity contribution in [2.24, 2.45) is 0 Å². The lowest BCUT2D eigenvalue weighted by Crippen LogP contribution is -2.08. The Morgan fingerprint density at radius 1 is 1.35 bits per heavy atom. The second-order valence-corrected chi connectivity index (χ2v) is 3.48. The van der Waals surface area contributed by atoms with E-state index in [2.05, 4.69) is 11.8 Å². The quantitative estimate of drug-likeness (QED) is 0.722. The standard InChI is InChI=1S/C15H14O2/c1-2-16-15-12-11-14(17-15)10-6-9-13-7-4-3-5-8-13/h3-5,7-8,10-12,15H,2H2,1H3/b14-10-/t15-/m1/s1. The molecule has 0 fully saturated rings. The van der Waals surface area contributed by atoms with Crippen molar-refractivity contribution >= 4 is 0 Å². The van der Waals surface area contributed by atoms with Crippen molar-refractivity contribution < 1.29 is 9.47 Å². The van der Waals surface area contributed by atoms with Gasteiger partial charge in [-0.3, -0.25) is 0 Å². The van der Waals surface area contributed by atoms with E-state index in [9.17, 15) is 0 Å². The van der Waals surface area contributed by atoms with Crippen LogP contribution in [0.5, 0.6) is 0 Å². The lowest BCUT2D eigenvalue weighted by Gasteiger charge is -2.08. The van der Waals surface area contributed by atoms with Gasteiger partial charge in [0.2, 0.25) is 6.29 Å². The maximum atomic E-state index is 5.47. The molecule has 0 aliphatic carbocycles. The highest BCUT2D eigenvalue weighted by Crippen LogP contribution is 2.15. The van der Waals surface area contributed by atoms with Gasteiger partial charge in [-0.1, -0.05) is 30.0 Å². The predicted molar refractivity (Wildman–Crippen MR) is 67.0 cm³/mol. The summed E-state index contributed by atoms with van der Waals surface area (Å²) in [6, 6.07) is 9.85. The molecular formula is C15H14O2. The van der Waals surface area contributed by atoms with Crippen molar-refractivity contribution in [2.75, 3.05) is 6.61 Å². The van der Waals surface area contributed by atoms with E-state index in [0.29, 0.717) is 6.61 Å². The van der Waals surface area contributed by atoms with E-state index in [-0.39, 0.29) is 6.29 Å². The molecule has 0 N–H and O–H groups in total. The SMILES string of the molecule is CCO[C@H]1C=C/C(=C/C#Cc2ccccc2)O1. The Hall–Kier alpha value is -1.98. The summed E-state index contributed by atoms with van der Waals surface area (Å²) in [7, 11) is 0. The summed E-state index contributed by atoms with van der Waals surface area (Å²) in [6.07, 6.45) is 5.24. The van der Waals surface area contributed by atoms with Crippen LogP contribution in [0.1, 0.15) is 12.5 Å². The van der Waals surface area contributed by atoms with Gasteiger partial charge in [0.15, 0.2) is 0 Å². The van der Waals surface area contributed by atoms with Crippen molar-refractivity contribution in [3.8, 4) is 11.8 Å². The van der Waals surface area contributed by atoms with Gasteiger partial charge in [0.25, 0.3) is 0 Å². The zero-order chi connectivity index (χ0) is 11.9. The molecule has 0 bridgehead atoms. The van der Waals surface area contributed by atoms with Crippen LogP contribution in [0.15, 0.2) is 54.3 Å². The lowest BCUT2D eigenvalue weighted by molar-refractivity contribution is -0.0660. The maximum Gasteiger partial charge on any atom is 0.220 e. The zero-order valence-corrected chi connectivity index (χ0v) is 9.72. The Kier molecular flexibility index (Phi) is 4.01. The number of benzene rings is 1. The Labute approximate surface area is 102 Å². The molecule has 2 rings (SSSR count). The first kappa shape index (κ1) is 11.5. The molecule has 1 aromatic carbocycles. The van der Waals surface area contributed by atoms with E-state index in [4.69, 9.17) is 9.47 Å². The summed E-state index contributed by atoms with van der Waals surface area (Å²) >= 11 is 0. The van der Waals surface area contributed by atoms with Crippen LogP contribution in [0.3, 0.4) is 0 Å². The molecule has 1 aromatic rings. The number of hydrogen-bond acceptors (Lipinski definition) is 2. The molecule has 0 aromatic heterocycles. The van der Waals surface area contributed by atoms with E-state index < -0.39 is 0 Å². The number of hydrogen-bond donors (Lipinski definition) is 0. The number of ether oxygens (including phenoxy) is 2. The van der Waals surface area contributed by atoms with Crippen molar-refractivity contribution in [2.45, 2.75) is 13.2 Å². The minimum absolute atomic E-state index is 0.259. The predicted octanol–water partition coefficient (Wildman–Crippen LogP) is 2.87. The third kappa shape index (κ3) is 3.51. The fraction of sp³-hybridized carbons (Fsp3) is 0.200. The molecular weight excluding hydrogens is 212 g/mol. The van der Waals surface area contributed by atoms with Gasteiger partial charge in [0.1, 0.15) is 5.76 Å². The molecule has 0 amide bonds. The smallest absolute Gasteiger partial charge is 0.220 e. The van der Waals surface area contributed by atoms with Crippen LogP contribution in [0, 0.1) is 11.8 Å². The molecule has 0 saturated carbocycles. The molecule has 1 aliphatic rings. The first-order valence-corrected chi connectivity index (χ1v) is 5.61. The fourth-order valence-electron chi connectivity index (χ4n) is 1.43. The second-order valence-electron chi connectivity index (χ2n) is 3.48. The molecule has 86 valence electrons. The van der Waals surface area contributed by atoms with Gasteiger partial charge in [-0.05, 0) is 31.2 Å². The van der Waals surface area contributed by atoms with E-state index in [1.807, 2.05) is 49.4 Å². The van der Waals surface area contributed by atoms with Gasteiger partial charge < -0.3 is 9.47 Å². The van der Waals surface area contributed by atoms with Crippen molar-refractivity contribution in [3.63, 3.8) is 0 Å². The molecule has 0 radical (unpaired) electrons. The monoisotopic (exact) mass is 226 g/mol. The minimum Gasteiger partial charge on any atom is -0.461 e. The Bertz CT molecular complexity index is 475. The molecule has 0 saturated heterocycles. The summed E-state index contributed by atoms with van der Waals surface area (Å²) in [5.41, 5.74) is 0.993. The van der Waals surface area contributed by atoms with Crippen LogP contribution >= 0.6 is 0 Å². The van der Waals surface area contributed by atoms with Crippen molar-refractivity contribution in [3.05, 3.63) is 59.9 Å². The third-order valence-corrected chi connectivity index (χ3v) is 2.21. The number of rotatable bonds is 2. The van der Waals surface area contributed by atoms with Crippen LogP contribution in [-0.4, -0.2) is 12.9 Å². The Balaban J connectivity index is 1.95. The average molecular weight is 226 g/mol. The van der Waals surface area contributed by atoms with Gasteiger partial charge in [0.05, 0.1) is 0 Å². The van der Waals surface area contributed by atoms with Gasteiger partial charge in [-0.2, -0.15) is 0 Å². The minimum atomic E-state index is -0.259. The number of allylic oxidation sites excluding steroid dienone is 2. The molecule has 17 heavy (non-hydrogen) atoms. The molecule has 0 spiro atoms. The Morgan fingerprint density at radius 3 is 2.94 bits per heavy atom. The van der Waals surface area contributed by atoms with Gasteiger partial charge in [0, 0.05) is 18.2 Å². The lowest BCUT2D eigenvalue weighted by atomic mass is 10.2. The molecule has 1 atom stereocenters. The summed E-state index contributed by atoms with van der Waals surface area (Å²) < 4.78 is 10.8. The average Bonchev–Trinajstić information content (AvgIpc) is 2.79. The highest BCUT2D eigenvalue weighted by Gasteiger charge is 2.12. The zero-order valence-electron chi connectivity index (χ0n) is 9.72. The van der Waals surface area contributed by atoms with Crippen molar-refractivity contribution in [1.29, 1.82) is 0 Å². The van der Waals surface area contributed by atoms with E-state index in [1.54, 1.807) is 6.08 Å².